The molecule has 1 aliphatic rings. The highest BCUT2D eigenvalue weighted by molar-refractivity contribution is 5.94. The summed E-state index contributed by atoms with van der Waals surface area (Å²) in [6, 6.07) is 3.49. The Hall–Kier alpha value is -3.41. The van der Waals surface area contributed by atoms with E-state index in [1.165, 1.54) is 10.7 Å². The number of likely N-dealkylation sites (N-methyl/N-ethyl adjacent to an activating group) is 1. The van der Waals surface area contributed by atoms with Crippen LogP contribution in [0.25, 0.3) is 16.7 Å². The monoisotopic (exact) mass is 460 g/mol. The first-order valence-corrected chi connectivity index (χ1v) is 10.6. The molecule has 4 heterocycles. The lowest BCUT2D eigenvalue weighted by atomic mass is 10.2. The van der Waals surface area contributed by atoms with Crippen LogP contribution in [-0.2, 0) is 12.3 Å². The summed E-state index contributed by atoms with van der Waals surface area (Å²) in [5, 5.41) is 16.7. The van der Waals surface area contributed by atoms with E-state index in [1.807, 2.05) is 21.0 Å². The van der Waals surface area contributed by atoms with Crippen molar-refractivity contribution in [2.75, 3.05) is 37.4 Å². The summed E-state index contributed by atoms with van der Waals surface area (Å²) in [4.78, 5) is 27.7. The second-order valence-electron chi connectivity index (χ2n) is 8.39. The largest absolute Gasteiger partial charge is 0.465 e. The second kappa shape index (κ2) is 8.50. The van der Waals surface area contributed by atoms with Gasteiger partial charge in [-0.2, -0.15) is 8.78 Å². The van der Waals surface area contributed by atoms with E-state index in [9.17, 15) is 13.6 Å². The maximum atomic E-state index is 14.1. The number of amides is 1. The van der Waals surface area contributed by atoms with Crippen molar-refractivity contribution in [3.05, 3.63) is 29.8 Å². The third-order valence-corrected chi connectivity index (χ3v) is 5.71. The number of anilines is 2. The third kappa shape index (κ3) is 4.56. The van der Waals surface area contributed by atoms with Crippen molar-refractivity contribution >= 4 is 28.6 Å². The lowest BCUT2D eigenvalue weighted by molar-refractivity contribution is 0.00742. The van der Waals surface area contributed by atoms with Gasteiger partial charge in [-0.1, -0.05) is 6.92 Å². The molecule has 1 unspecified atom stereocenters. The number of aryl methyl sites for hydroxylation is 1. The van der Waals surface area contributed by atoms with Crippen LogP contribution in [0.2, 0.25) is 0 Å². The van der Waals surface area contributed by atoms with E-state index in [1.54, 1.807) is 12.3 Å². The highest BCUT2D eigenvalue weighted by Gasteiger charge is 2.31. The third-order valence-electron chi connectivity index (χ3n) is 5.71. The average Bonchev–Trinajstić information content (AvgIpc) is 3.37. The van der Waals surface area contributed by atoms with E-state index in [-0.39, 0.29) is 11.6 Å². The van der Waals surface area contributed by atoms with E-state index >= 15 is 0 Å². The van der Waals surface area contributed by atoms with Crippen LogP contribution in [0, 0.1) is 0 Å². The maximum Gasteiger partial charge on any atom is 0.410 e. The van der Waals surface area contributed by atoms with Crippen LogP contribution in [-0.4, -0.2) is 74.1 Å². The van der Waals surface area contributed by atoms with E-state index in [2.05, 4.69) is 30.1 Å². The van der Waals surface area contributed by atoms with Crippen LogP contribution in [0.15, 0.2) is 18.3 Å². The summed E-state index contributed by atoms with van der Waals surface area (Å²) in [7, 11) is 4.05. The Labute approximate surface area is 189 Å². The van der Waals surface area contributed by atoms with Gasteiger partial charge < -0.3 is 14.9 Å². The number of hydrogen-bond acceptors (Lipinski definition) is 7. The summed E-state index contributed by atoms with van der Waals surface area (Å²) in [6.45, 7) is 4.09. The van der Waals surface area contributed by atoms with Gasteiger partial charge in [0.25, 0.3) is 0 Å². The van der Waals surface area contributed by atoms with Gasteiger partial charge in [0.05, 0.1) is 10.9 Å². The number of hydrogen-bond donors (Lipinski definition) is 2. The minimum atomic E-state index is -3.23. The zero-order valence-electron chi connectivity index (χ0n) is 18.9. The number of halogens is 2. The van der Waals surface area contributed by atoms with Gasteiger partial charge in [0.2, 0.25) is 5.82 Å². The average molecular weight is 460 g/mol. The zero-order valence-corrected chi connectivity index (χ0v) is 18.9. The molecule has 4 rings (SSSR count). The molecule has 1 amide bonds. The minimum Gasteiger partial charge on any atom is -0.465 e. The topological polar surface area (TPSA) is 112 Å². The molecule has 0 saturated carbocycles. The van der Waals surface area contributed by atoms with Gasteiger partial charge in [-0.15, -0.1) is 5.10 Å². The summed E-state index contributed by atoms with van der Waals surface area (Å²) >= 11 is 0. The Kier molecular flexibility index (Phi) is 5.87. The van der Waals surface area contributed by atoms with Crippen molar-refractivity contribution in [1.82, 2.24) is 29.6 Å². The molecule has 3 aromatic rings. The molecule has 12 heteroatoms. The molecule has 3 aromatic heterocycles. The number of aromatic nitrogens is 5. The van der Waals surface area contributed by atoms with Crippen LogP contribution >= 0.6 is 0 Å². The number of rotatable bonds is 6. The summed E-state index contributed by atoms with van der Waals surface area (Å²) < 4.78 is 29.7. The first-order valence-electron chi connectivity index (χ1n) is 10.6. The predicted molar refractivity (Wildman–Crippen MR) is 119 cm³/mol. The van der Waals surface area contributed by atoms with Crippen LogP contribution in [0.3, 0.4) is 0 Å². The fourth-order valence-electron chi connectivity index (χ4n) is 3.91. The molecule has 176 valence electrons. The Morgan fingerprint density at radius 3 is 2.70 bits per heavy atom. The molecule has 0 aliphatic carbocycles. The van der Waals surface area contributed by atoms with Gasteiger partial charge in [-0.05, 0) is 26.9 Å². The number of alkyl halides is 2. The number of carboxylic acid groups (broad SMARTS) is 1. The van der Waals surface area contributed by atoms with Crippen molar-refractivity contribution in [2.45, 2.75) is 38.7 Å². The molecule has 1 aliphatic heterocycles. The van der Waals surface area contributed by atoms with Crippen molar-refractivity contribution in [2.24, 2.45) is 0 Å². The molecular formula is C21H26F2N8O2. The lowest BCUT2D eigenvalue weighted by Crippen LogP contribution is -2.31. The Bertz CT molecular complexity index is 1190. The molecular weight excluding hydrogens is 434 g/mol. The number of carbonyl (C=O) groups is 1. The SMILES string of the molecule is CCc1cc(-n2nc(N3CCC(N(C)C)C3)c3cnc(NC(=O)O)cc32)nc(C(C)(F)F)n1. The molecule has 2 N–H and O–H groups in total. The molecule has 0 spiro atoms. The van der Waals surface area contributed by atoms with Crippen LogP contribution in [0.4, 0.5) is 25.2 Å². The summed E-state index contributed by atoms with van der Waals surface area (Å²) in [5.41, 5.74) is 0.955. The molecule has 1 atom stereocenters. The Morgan fingerprint density at radius 1 is 1.33 bits per heavy atom. The van der Waals surface area contributed by atoms with E-state index < -0.39 is 17.8 Å². The first kappa shape index (κ1) is 22.8. The fraction of sp³-hybridized carbons (Fsp3) is 0.476. The smallest absolute Gasteiger partial charge is 0.410 e. The van der Waals surface area contributed by atoms with Crippen LogP contribution < -0.4 is 10.2 Å². The van der Waals surface area contributed by atoms with Crippen molar-refractivity contribution in [3.63, 3.8) is 0 Å². The molecule has 0 radical (unpaired) electrons. The highest BCUT2D eigenvalue weighted by Crippen LogP contribution is 2.32. The lowest BCUT2D eigenvalue weighted by Gasteiger charge is -2.20. The summed E-state index contributed by atoms with van der Waals surface area (Å²) in [5.74, 6) is -2.89. The van der Waals surface area contributed by atoms with Crippen LogP contribution in [0.1, 0.15) is 31.8 Å². The second-order valence-corrected chi connectivity index (χ2v) is 8.39. The van der Waals surface area contributed by atoms with Crippen molar-refractivity contribution < 1.29 is 18.7 Å². The van der Waals surface area contributed by atoms with E-state index in [0.29, 0.717) is 34.9 Å². The fourth-order valence-corrected chi connectivity index (χ4v) is 3.91. The molecule has 1 saturated heterocycles. The first-order chi connectivity index (χ1) is 15.6. The number of pyridine rings is 1. The normalized spacial score (nSPS) is 16.7. The number of fused-ring (bicyclic) bond motifs is 1. The number of nitrogens with zero attached hydrogens (tertiary/aromatic N) is 7. The minimum absolute atomic E-state index is 0.0982. The van der Waals surface area contributed by atoms with Gasteiger partial charge in [0.1, 0.15) is 5.82 Å². The molecule has 0 bridgehead atoms. The van der Waals surface area contributed by atoms with Crippen molar-refractivity contribution in [3.8, 4) is 5.82 Å². The summed E-state index contributed by atoms with van der Waals surface area (Å²) in [6.07, 6.45) is 1.67. The van der Waals surface area contributed by atoms with E-state index in [4.69, 9.17) is 10.2 Å². The predicted octanol–water partition coefficient (Wildman–Crippen LogP) is 3.11. The van der Waals surface area contributed by atoms with E-state index in [0.717, 1.165) is 26.4 Å². The van der Waals surface area contributed by atoms with Gasteiger partial charge in [0, 0.05) is 50.1 Å². The van der Waals surface area contributed by atoms with Gasteiger partial charge in [-0.3, -0.25) is 5.32 Å². The maximum absolute atomic E-state index is 14.1. The van der Waals surface area contributed by atoms with Crippen molar-refractivity contribution in [1.29, 1.82) is 0 Å². The molecule has 33 heavy (non-hydrogen) atoms. The Morgan fingerprint density at radius 2 is 2.09 bits per heavy atom. The van der Waals surface area contributed by atoms with Crippen LogP contribution in [0.5, 0.6) is 0 Å². The number of nitrogens with one attached hydrogen (secondary N) is 1. The van der Waals surface area contributed by atoms with Gasteiger partial charge >= 0.3 is 12.0 Å². The molecule has 1 fully saturated rings. The molecule has 10 nitrogen and oxygen atoms in total. The Balaban J connectivity index is 1.89. The quantitative estimate of drug-likeness (QED) is 0.577. The standard InChI is InChI=1S/C21H26F2N8O2/c1-5-12-8-17(27-19(25-12)21(2,22)23)31-15-9-16(26-20(32)33)24-10-14(15)18(28-31)30-7-6-13(11-30)29(3)4/h8-10,13H,5-7,11H2,1-4H3,(H,24,26)(H,32,33). The highest BCUT2D eigenvalue weighted by atomic mass is 19.3. The molecule has 0 aromatic carbocycles. The van der Waals surface area contributed by atoms with Gasteiger partial charge in [-0.25, -0.2) is 24.4 Å². The zero-order chi connectivity index (χ0) is 23.9. The van der Waals surface area contributed by atoms with Gasteiger partial charge in [0.15, 0.2) is 11.6 Å².